The maximum absolute atomic E-state index is 12.7. The number of ketones is 1. The first-order valence-electron chi connectivity index (χ1n) is 7.27. The fraction of sp³-hybridized carbons (Fsp3) is 0.188. The van der Waals surface area contributed by atoms with Gasteiger partial charge >= 0.3 is 5.00 Å². The highest BCUT2D eigenvalue weighted by molar-refractivity contribution is 6.37. The molecule has 0 saturated carbocycles. The third kappa shape index (κ3) is 2.53. The Morgan fingerprint density at radius 3 is 2.50 bits per heavy atom. The number of fused-ring (bicyclic) bond motifs is 1. The molecular formula is C16H11ClN2O7. The molecule has 2 atom stereocenters. The number of benzene rings is 2. The Hall–Kier alpha value is -3.20. The van der Waals surface area contributed by atoms with Gasteiger partial charge in [0, 0.05) is 6.07 Å². The van der Waals surface area contributed by atoms with Crippen molar-refractivity contribution in [1.82, 2.24) is 0 Å². The zero-order chi connectivity index (χ0) is 19.1. The molecular weight excluding hydrogens is 368 g/mol. The number of Topliss-reactive ketones (excluding diaryl/α,β-unsaturated/α-hetero) is 1. The second-order valence-electron chi connectivity index (χ2n) is 5.44. The van der Waals surface area contributed by atoms with E-state index in [1.54, 1.807) is 6.07 Å². The Morgan fingerprint density at radius 2 is 1.88 bits per heavy atom. The van der Waals surface area contributed by atoms with Crippen molar-refractivity contribution >= 4 is 23.1 Å². The molecule has 1 aliphatic heterocycles. The van der Waals surface area contributed by atoms with Crippen LogP contribution in [-0.2, 0) is 0 Å². The number of nitrogens with zero attached hydrogens (tertiary/aromatic N) is 2. The van der Waals surface area contributed by atoms with Gasteiger partial charge in [0.1, 0.15) is 11.5 Å². The molecule has 0 aliphatic carbocycles. The summed E-state index contributed by atoms with van der Waals surface area (Å²) in [5, 5.41) is 23.1. The molecule has 26 heavy (non-hydrogen) atoms. The van der Waals surface area contributed by atoms with Gasteiger partial charge in [0.25, 0.3) is 11.5 Å². The lowest BCUT2D eigenvalue weighted by molar-refractivity contribution is -0.536. The number of nitro benzene ring substituents is 1. The fourth-order valence-corrected chi connectivity index (χ4v) is 3.02. The lowest BCUT2D eigenvalue weighted by Gasteiger charge is -2.32. The van der Waals surface area contributed by atoms with E-state index in [4.69, 9.17) is 21.1 Å². The molecule has 10 heteroatoms. The summed E-state index contributed by atoms with van der Waals surface area (Å²) in [6.07, 6.45) is -1.72. The van der Waals surface area contributed by atoms with Crippen molar-refractivity contribution in [2.75, 3.05) is 7.11 Å². The van der Waals surface area contributed by atoms with Gasteiger partial charge in [0.05, 0.1) is 28.1 Å². The Morgan fingerprint density at radius 1 is 1.19 bits per heavy atom. The van der Waals surface area contributed by atoms with Gasteiger partial charge in [-0.15, -0.1) is 0 Å². The topological polar surface area (TPSA) is 122 Å². The van der Waals surface area contributed by atoms with Crippen LogP contribution in [0.25, 0.3) is 0 Å². The quantitative estimate of drug-likeness (QED) is 0.346. The number of nitro groups is 2. The molecule has 0 bridgehead atoms. The maximum Gasteiger partial charge on any atom is 0.397 e. The smallest absolute Gasteiger partial charge is 0.397 e. The van der Waals surface area contributed by atoms with Crippen LogP contribution in [0.4, 0.5) is 5.69 Å². The van der Waals surface area contributed by atoms with Crippen LogP contribution in [0.2, 0.25) is 0 Å². The fourth-order valence-electron chi connectivity index (χ4n) is 2.75. The van der Waals surface area contributed by atoms with Gasteiger partial charge in [-0.05, 0) is 35.9 Å². The summed E-state index contributed by atoms with van der Waals surface area (Å²) < 4.78 is 10.6. The van der Waals surface area contributed by atoms with E-state index in [1.807, 2.05) is 0 Å². The van der Waals surface area contributed by atoms with Crippen LogP contribution < -0.4 is 9.47 Å². The molecule has 0 radical (unpaired) electrons. The monoisotopic (exact) mass is 378 g/mol. The van der Waals surface area contributed by atoms with Gasteiger partial charge in [0.2, 0.25) is 6.10 Å². The van der Waals surface area contributed by atoms with Gasteiger partial charge in [0.15, 0.2) is 0 Å². The molecule has 2 aromatic rings. The van der Waals surface area contributed by atoms with Crippen molar-refractivity contribution in [3.8, 4) is 11.5 Å². The largest absolute Gasteiger partial charge is 0.497 e. The van der Waals surface area contributed by atoms with E-state index in [2.05, 4.69) is 0 Å². The van der Waals surface area contributed by atoms with E-state index < -0.39 is 32.4 Å². The predicted octanol–water partition coefficient (Wildman–Crippen LogP) is 3.13. The molecule has 1 aliphatic rings. The summed E-state index contributed by atoms with van der Waals surface area (Å²) >= 11 is 6.12. The summed E-state index contributed by atoms with van der Waals surface area (Å²) in [6.45, 7) is 0. The number of alkyl halides is 1. The second kappa shape index (κ2) is 6.26. The molecule has 0 amide bonds. The summed E-state index contributed by atoms with van der Waals surface area (Å²) in [4.78, 5) is 31.3. The van der Waals surface area contributed by atoms with Crippen LogP contribution in [0.5, 0.6) is 11.5 Å². The normalized spacial score (nSPS) is 21.5. The summed E-state index contributed by atoms with van der Waals surface area (Å²) in [7, 11) is 1.33. The maximum atomic E-state index is 12.7. The minimum absolute atomic E-state index is 0.0535. The SMILES string of the molecule is COc1ccc([N+](=O)[O-])c(C2Oc3ccccc3C(=O)C2(Cl)[N+](=O)[O-])c1. The van der Waals surface area contributed by atoms with Gasteiger partial charge in [-0.25, -0.2) is 0 Å². The molecule has 0 N–H and O–H groups in total. The van der Waals surface area contributed by atoms with E-state index in [1.165, 1.54) is 37.4 Å². The Balaban J connectivity index is 2.28. The average Bonchev–Trinajstić information content (AvgIpc) is 2.63. The third-order valence-electron chi connectivity index (χ3n) is 4.02. The lowest BCUT2D eigenvalue weighted by Crippen LogP contribution is -2.51. The van der Waals surface area contributed by atoms with Crippen LogP contribution in [-0.4, -0.2) is 27.7 Å². The molecule has 0 saturated heterocycles. The van der Waals surface area contributed by atoms with Crippen molar-refractivity contribution in [3.63, 3.8) is 0 Å². The first-order chi connectivity index (χ1) is 12.3. The Bertz CT molecular complexity index is 933. The van der Waals surface area contributed by atoms with Crippen molar-refractivity contribution in [1.29, 1.82) is 0 Å². The van der Waals surface area contributed by atoms with E-state index in [9.17, 15) is 25.0 Å². The lowest BCUT2D eigenvalue weighted by atomic mass is 9.90. The standard InChI is InChI=1S/C16H11ClN2O7/c1-25-9-6-7-12(18(21)22)11(8-9)15-16(17,19(23)24)14(20)10-4-2-3-5-13(10)26-15/h2-8,15H,1H3. The molecule has 1 heterocycles. The van der Waals surface area contributed by atoms with Crippen LogP contribution in [0.3, 0.4) is 0 Å². The number of rotatable bonds is 4. The van der Waals surface area contributed by atoms with Crippen molar-refractivity contribution < 1.29 is 24.1 Å². The number of ether oxygens (including phenoxy) is 2. The number of halogens is 1. The van der Waals surface area contributed by atoms with E-state index in [0.717, 1.165) is 6.07 Å². The van der Waals surface area contributed by atoms with Gasteiger partial charge < -0.3 is 9.47 Å². The summed E-state index contributed by atoms with van der Waals surface area (Å²) in [5.41, 5.74) is -0.778. The van der Waals surface area contributed by atoms with Crippen molar-refractivity contribution in [2.45, 2.75) is 11.1 Å². The molecule has 2 aromatic carbocycles. The number of carbonyl (C=O) groups is 1. The van der Waals surface area contributed by atoms with Gasteiger partial charge in [-0.3, -0.25) is 25.0 Å². The average molecular weight is 379 g/mol. The van der Waals surface area contributed by atoms with E-state index in [-0.39, 0.29) is 22.6 Å². The van der Waals surface area contributed by atoms with E-state index in [0.29, 0.717) is 0 Å². The third-order valence-corrected chi connectivity index (χ3v) is 4.53. The van der Waals surface area contributed by atoms with Crippen LogP contribution in [0.1, 0.15) is 22.0 Å². The molecule has 0 spiro atoms. The Labute approximate surface area is 151 Å². The molecule has 9 nitrogen and oxygen atoms in total. The molecule has 0 fully saturated rings. The predicted molar refractivity (Wildman–Crippen MR) is 89.4 cm³/mol. The zero-order valence-electron chi connectivity index (χ0n) is 13.2. The first-order valence-corrected chi connectivity index (χ1v) is 7.64. The number of methoxy groups -OCH3 is 1. The Kier molecular flexibility index (Phi) is 4.25. The highest BCUT2D eigenvalue weighted by Crippen LogP contribution is 2.47. The first kappa shape index (κ1) is 17.6. The van der Waals surface area contributed by atoms with Crippen LogP contribution >= 0.6 is 11.6 Å². The minimum Gasteiger partial charge on any atom is -0.497 e. The second-order valence-corrected chi connectivity index (χ2v) is 6.01. The molecule has 3 rings (SSSR count). The van der Waals surface area contributed by atoms with Crippen molar-refractivity contribution in [2.24, 2.45) is 0 Å². The number of hydrogen-bond donors (Lipinski definition) is 0. The van der Waals surface area contributed by atoms with Crippen molar-refractivity contribution in [3.05, 3.63) is 73.8 Å². The van der Waals surface area contributed by atoms with Gasteiger partial charge in [-0.2, -0.15) is 0 Å². The summed E-state index contributed by atoms with van der Waals surface area (Å²) in [6, 6.07) is 9.48. The van der Waals surface area contributed by atoms with E-state index >= 15 is 0 Å². The van der Waals surface area contributed by atoms with Crippen LogP contribution in [0.15, 0.2) is 42.5 Å². The molecule has 2 unspecified atom stereocenters. The van der Waals surface area contributed by atoms with Gasteiger partial charge in [-0.1, -0.05) is 12.1 Å². The molecule has 0 aromatic heterocycles. The zero-order valence-corrected chi connectivity index (χ0v) is 14.0. The highest BCUT2D eigenvalue weighted by Gasteiger charge is 2.63. The number of hydrogen-bond acceptors (Lipinski definition) is 7. The molecule has 134 valence electrons. The highest BCUT2D eigenvalue weighted by atomic mass is 35.5. The number of carbonyl (C=O) groups excluding carboxylic acids is 1. The minimum atomic E-state index is -2.76. The van der Waals surface area contributed by atoms with Crippen LogP contribution in [0, 0.1) is 20.2 Å². The summed E-state index contributed by atoms with van der Waals surface area (Å²) in [5.74, 6) is -0.756. The number of para-hydroxylation sites is 1.